The van der Waals surface area contributed by atoms with Crippen LogP contribution in [0.5, 0.6) is 0 Å². The molecule has 2 aromatic carbocycles. The molecule has 0 aromatic heterocycles. The van der Waals surface area contributed by atoms with Crippen molar-refractivity contribution in [3.8, 4) is 0 Å². The Morgan fingerprint density at radius 1 is 1.11 bits per heavy atom. The third-order valence-corrected chi connectivity index (χ3v) is 4.96. The van der Waals surface area contributed by atoms with Gasteiger partial charge in [-0.25, -0.2) is 0 Å². The number of rotatable bonds is 4. The minimum Gasteiger partial charge on any atom is -0.313 e. The molecule has 1 nitrogen and oxygen atoms in total. The van der Waals surface area contributed by atoms with Crippen molar-refractivity contribution in [2.45, 2.75) is 12.5 Å². The standard InChI is InChI=1S/C15H14Br2IN/c1-19-15(8-10-2-4-11(16)5-3-10)13-9-12(18)6-7-14(13)17/h2-7,9,15,19H,8H2,1H3. The molecule has 19 heavy (non-hydrogen) atoms. The van der Waals surface area contributed by atoms with E-state index in [9.17, 15) is 0 Å². The fourth-order valence-electron chi connectivity index (χ4n) is 2.01. The lowest BCUT2D eigenvalue weighted by molar-refractivity contribution is 0.589. The summed E-state index contributed by atoms with van der Waals surface area (Å²) in [4.78, 5) is 0. The normalized spacial score (nSPS) is 12.4. The summed E-state index contributed by atoms with van der Waals surface area (Å²) in [5.41, 5.74) is 2.63. The second-order valence-corrected chi connectivity index (χ2v) is 7.35. The summed E-state index contributed by atoms with van der Waals surface area (Å²) in [7, 11) is 2.01. The second kappa shape index (κ2) is 7.20. The fraction of sp³-hybridized carbons (Fsp3) is 0.200. The molecule has 0 spiro atoms. The van der Waals surface area contributed by atoms with Crippen LogP contribution in [0.15, 0.2) is 51.4 Å². The van der Waals surface area contributed by atoms with E-state index in [0.717, 1.165) is 15.4 Å². The minimum atomic E-state index is 0.310. The molecule has 0 aliphatic rings. The summed E-state index contributed by atoms with van der Waals surface area (Å²) < 4.78 is 3.53. The Labute approximate surface area is 144 Å². The Kier molecular flexibility index (Phi) is 5.87. The van der Waals surface area contributed by atoms with Gasteiger partial charge in [0.15, 0.2) is 0 Å². The highest BCUT2D eigenvalue weighted by atomic mass is 127. The summed E-state index contributed by atoms with van der Waals surface area (Å²) >= 11 is 9.47. The maximum absolute atomic E-state index is 3.65. The predicted octanol–water partition coefficient (Wildman–Crippen LogP) is 5.32. The summed E-state index contributed by atoms with van der Waals surface area (Å²) in [6.07, 6.45) is 0.975. The third-order valence-electron chi connectivity index (χ3n) is 3.04. The summed E-state index contributed by atoms with van der Waals surface area (Å²) in [5.74, 6) is 0. The van der Waals surface area contributed by atoms with Crippen LogP contribution in [0, 0.1) is 3.57 Å². The van der Waals surface area contributed by atoms with Gasteiger partial charge in [0.1, 0.15) is 0 Å². The van der Waals surface area contributed by atoms with Gasteiger partial charge in [-0.2, -0.15) is 0 Å². The zero-order chi connectivity index (χ0) is 13.8. The lowest BCUT2D eigenvalue weighted by Gasteiger charge is -2.19. The van der Waals surface area contributed by atoms with Crippen molar-refractivity contribution >= 4 is 54.5 Å². The molecule has 0 aliphatic heterocycles. The molecule has 0 heterocycles. The monoisotopic (exact) mass is 493 g/mol. The van der Waals surface area contributed by atoms with E-state index in [0.29, 0.717) is 6.04 Å². The molecule has 1 N–H and O–H groups in total. The van der Waals surface area contributed by atoms with E-state index < -0.39 is 0 Å². The van der Waals surface area contributed by atoms with Crippen molar-refractivity contribution in [3.05, 3.63) is 66.1 Å². The third kappa shape index (κ3) is 4.28. The number of likely N-dealkylation sites (N-methyl/N-ethyl adjacent to an activating group) is 1. The van der Waals surface area contributed by atoms with Crippen LogP contribution < -0.4 is 5.32 Å². The maximum Gasteiger partial charge on any atom is 0.0370 e. The maximum atomic E-state index is 3.65. The highest BCUT2D eigenvalue weighted by Crippen LogP contribution is 2.28. The van der Waals surface area contributed by atoms with E-state index in [1.165, 1.54) is 14.7 Å². The van der Waals surface area contributed by atoms with Crippen LogP contribution in [0.25, 0.3) is 0 Å². The summed E-state index contributed by atoms with van der Waals surface area (Å²) in [5, 5.41) is 3.40. The van der Waals surface area contributed by atoms with Crippen molar-refractivity contribution in [3.63, 3.8) is 0 Å². The fourth-order valence-corrected chi connectivity index (χ4v) is 3.31. The smallest absolute Gasteiger partial charge is 0.0370 e. The molecule has 100 valence electrons. The van der Waals surface area contributed by atoms with Crippen molar-refractivity contribution in [2.24, 2.45) is 0 Å². The average Bonchev–Trinajstić information content (AvgIpc) is 2.41. The molecule has 1 unspecified atom stereocenters. The van der Waals surface area contributed by atoms with Crippen molar-refractivity contribution in [2.75, 3.05) is 7.05 Å². The van der Waals surface area contributed by atoms with Crippen LogP contribution >= 0.6 is 54.5 Å². The zero-order valence-corrected chi connectivity index (χ0v) is 15.8. The quantitative estimate of drug-likeness (QED) is 0.567. The second-order valence-electron chi connectivity index (χ2n) is 4.34. The lowest BCUT2D eigenvalue weighted by Crippen LogP contribution is -2.19. The molecule has 2 rings (SSSR count). The van der Waals surface area contributed by atoms with Crippen LogP contribution in [0.4, 0.5) is 0 Å². The van der Waals surface area contributed by atoms with Crippen LogP contribution in [-0.4, -0.2) is 7.05 Å². The van der Waals surface area contributed by atoms with E-state index in [4.69, 9.17) is 0 Å². The molecular weight excluding hydrogens is 481 g/mol. The molecule has 0 bridgehead atoms. The zero-order valence-electron chi connectivity index (χ0n) is 10.5. The Morgan fingerprint density at radius 2 is 1.79 bits per heavy atom. The Hall–Kier alpha value is 0.0900. The first-order valence-electron chi connectivity index (χ1n) is 5.97. The van der Waals surface area contributed by atoms with Crippen LogP contribution in [0.2, 0.25) is 0 Å². The van der Waals surface area contributed by atoms with Gasteiger partial charge in [-0.15, -0.1) is 0 Å². The van der Waals surface area contributed by atoms with Crippen LogP contribution in [0.1, 0.15) is 17.2 Å². The van der Waals surface area contributed by atoms with E-state index in [-0.39, 0.29) is 0 Å². The molecule has 0 amide bonds. The van der Waals surface area contributed by atoms with Gasteiger partial charge in [0.05, 0.1) is 0 Å². The molecule has 0 radical (unpaired) electrons. The first-order chi connectivity index (χ1) is 9.10. The molecular formula is C15H14Br2IN. The first kappa shape index (κ1) is 15.5. The van der Waals surface area contributed by atoms with Gasteiger partial charge in [-0.05, 0) is 77.5 Å². The van der Waals surface area contributed by atoms with E-state index in [1.54, 1.807) is 0 Å². The molecule has 0 saturated heterocycles. The van der Waals surface area contributed by atoms with E-state index in [1.807, 2.05) is 7.05 Å². The van der Waals surface area contributed by atoms with Crippen molar-refractivity contribution < 1.29 is 0 Å². The first-order valence-corrected chi connectivity index (χ1v) is 8.63. The van der Waals surface area contributed by atoms with Gasteiger partial charge in [0, 0.05) is 18.6 Å². The SMILES string of the molecule is CNC(Cc1ccc(Br)cc1)c1cc(I)ccc1Br. The van der Waals surface area contributed by atoms with Gasteiger partial charge in [0.25, 0.3) is 0 Å². The molecule has 0 aliphatic carbocycles. The average molecular weight is 495 g/mol. The number of halogens is 3. The van der Waals surface area contributed by atoms with Gasteiger partial charge in [0.2, 0.25) is 0 Å². The van der Waals surface area contributed by atoms with Crippen LogP contribution in [0.3, 0.4) is 0 Å². The van der Waals surface area contributed by atoms with E-state index >= 15 is 0 Å². The molecule has 1 atom stereocenters. The molecule has 0 fully saturated rings. The minimum absolute atomic E-state index is 0.310. The van der Waals surface area contributed by atoms with Gasteiger partial charge in [-0.1, -0.05) is 44.0 Å². The van der Waals surface area contributed by atoms with E-state index in [2.05, 4.69) is 102 Å². The largest absolute Gasteiger partial charge is 0.313 e. The number of nitrogens with one attached hydrogen (secondary N) is 1. The molecule has 0 saturated carbocycles. The van der Waals surface area contributed by atoms with Crippen LogP contribution in [-0.2, 0) is 6.42 Å². The van der Waals surface area contributed by atoms with Crippen molar-refractivity contribution in [1.82, 2.24) is 5.32 Å². The molecule has 2 aromatic rings. The topological polar surface area (TPSA) is 12.0 Å². The predicted molar refractivity (Wildman–Crippen MR) is 96.5 cm³/mol. The van der Waals surface area contributed by atoms with Crippen molar-refractivity contribution in [1.29, 1.82) is 0 Å². The highest BCUT2D eigenvalue weighted by Gasteiger charge is 2.13. The lowest BCUT2D eigenvalue weighted by atomic mass is 9.99. The summed E-state index contributed by atoms with van der Waals surface area (Å²) in [6, 6.07) is 15.3. The highest BCUT2D eigenvalue weighted by molar-refractivity contribution is 14.1. The number of benzene rings is 2. The van der Waals surface area contributed by atoms with Gasteiger partial charge in [-0.3, -0.25) is 0 Å². The molecule has 4 heteroatoms. The van der Waals surface area contributed by atoms with Gasteiger partial charge >= 0.3 is 0 Å². The Balaban J connectivity index is 2.24. The Morgan fingerprint density at radius 3 is 2.42 bits per heavy atom. The Bertz CT molecular complexity index is 555. The number of hydrogen-bond acceptors (Lipinski definition) is 1. The van der Waals surface area contributed by atoms with Gasteiger partial charge < -0.3 is 5.32 Å². The number of hydrogen-bond donors (Lipinski definition) is 1. The summed E-state index contributed by atoms with van der Waals surface area (Å²) in [6.45, 7) is 0.